The molecule has 0 bridgehead atoms. The number of nitrogens with two attached hydrogens (primary N) is 1. The van der Waals surface area contributed by atoms with Crippen LogP contribution >= 0.6 is 0 Å². The van der Waals surface area contributed by atoms with Crippen molar-refractivity contribution in [2.45, 2.75) is 24.7 Å². The zero-order chi connectivity index (χ0) is 12.5. The van der Waals surface area contributed by atoms with Crippen LogP contribution in [0.5, 0.6) is 11.6 Å². The van der Waals surface area contributed by atoms with Gasteiger partial charge in [-0.3, -0.25) is 0 Å². The monoisotopic (exact) mass is 246 g/mol. The minimum atomic E-state index is -3.96. The lowest BCUT2D eigenvalue weighted by Crippen LogP contribution is -2.15. The number of ether oxygens (including phenoxy) is 1. The highest BCUT2D eigenvalue weighted by atomic mass is 32.2. The van der Waals surface area contributed by atoms with Crippen LogP contribution in [0.2, 0.25) is 0 Å². The molecule has 0 fully saturated rings. The number of pyridine rings is 1. The number of aromatic nitrogens is 1. The van der Waals surface area contributed by atoms with E-state index in [1.54, 1.807) is 0 Å². The molecule has 0 saturated heterocycles. The van der Waals surface area contributed by atoms with Crippen LogP contribution in [-0.4, -0.2) is 25.6 Å². The number of methoxy groups -OCH3 is 1. The molecule has 0 aliphatic rings. The Hall–Kier alpha value is -1.34. The van der Waals surface area contributed by atoms with Crippen LogP contribution in [0.1, 0.15) is 25.5 Å². The number of hydrogen-bond donors (Lipinski definition) is 2. The number of primary sulfonamides is 1. The van der Waals surface area contributed by atoms with Crippen LogP contribution in [-0.2, 0) is 10.0 Å². The largest absolute Gasteiger partial charge is 0.506 e. The van der Waals surface area contributed by atoms with Gasteiger partial charge in [0, 0.05) is 6.07 Å². The Morgan fingerprint density at radius 3 is 2.44 bits per heavy atom. The SMILES string of the molecule is COc1nc(C(C)C)c(O)cc1S(N)(=O)=O. The molecule has 0 radical (unpaired) electrons. The highest BCUT2D eigenvalue weighted by molar-refractivity contribution is 7.89. The molecule has 0 amide bonds. The first-order chi connectivity index (χ1) is 7.27. The summed E-state index contributed by atoms with van der Waals surface area (Å²) in [5, 5.41) is 14.6. The summed E-state index contributed by atoms with van der Waals surface area (Å²) in [5.74, 6) is -0.368. The van der Waals surface area contributed by atoms with Gasteiger partial charge in [-0.15, -0.1) is 0 Å². The van der Waals surface area contributed by atoms with Gasteiger partial charge in [-0.05, 0) is 5.92 Å². The summed E-state index contributed by atoms with van der Waals surface area (Å²) >= 11 is 0. The molecule has 1 aromatic rings. The van der Waals surface area contributed by atoms with Crippen molar-refractivity contribution < 1.29 is 18.3 Å². The summed E-state index contributed by atoms with van der Waals surface area (Å²) in [6.07, 6.45) is 0. The molecule has 0 unspecified atom stereocenters. The van der Waals surface area contributed by atoms with Gasteiger partial charge >= 0.3 is 0 Å². The van der Waals surface area contributed by atoms with E-state index in [0.29, 0.717) is 5.69 Å². The quantitative estimate of drug-likeness (QED) is 0.811. The van der Waals surface area contributed by atoms with Gasteiger partial charge < -0.3 is 9.84 Å². The lowest BCUT2D eigenvalue weighted by Gasteiger charge is -2.11. The van der Waals surface area contributed by atoms with E-state index in [0.717, 1.165) is 6.07 Å². The van der Waals surface area contributed by atoms with E-state index in [-0.39, 0.29) is 22.4 Å². The van der Waals surface area contributed by atoms with Gasteiger partial charge in [0.1, 0.15) is 10.6 Å². The molecule has 0 aromatic carbocycles. The molecule has 7 heteroatoms. The van der Waals surface area contributed by atoms with Crippen LogP contribution in [0.3, 0.4) is 0 Å². The minimum absolute atomic E-state index is 0.0524. The third kappa shape index (κ3) is 2.42. The van der Waals surface area contributed by atoms with Crippen molar-refractivity contribution in [2.75, 3.05) is 7.11 Å². The fourth-order valence-electron chi connectivity index (χ4n) is 1.26. The average molecular weight is 246 g/mol. The van der Waals surface area contributed by atoms with Crippen molar-refractivity contribution in [3.05, 3.63) is 11.8 Å². The Labute approximate surface area is 94.1 Å². The molecule has 1 rings (SSSR count). The molecule has 3 N–H and O–H groups in total. The molecule has 16 heavy (non-hydrogen) atoms. The summed E-state index contributed by atoms with van der Waals surface area (Å²) in [7, 11) is -2.67. The molecule has 0 aliphatic heterocycles. The molecular weight excluding hydrogens is 232 g/mol. The molecule has 0 spiro atoms. The second-order valence-corrected chi connectivity index (χ2v) is 5.13. The van der Waals surface area contributed by atoms with E-state index in [9.17, 15) is 13.5 Å². The molecule has 6 nitrogen and oxygen atoms in total. The Balaban J connectivity index is 3.51. The molecule has 0 aliphatic carbocycles. The van der Waals surface area contributed by atoms with Crippen LogP contribution in [0.25, 0.3) is 0 Å². The Bertz CT molecular complexity index is 496. The molecule has 1 heterocycles. The zero-order valence-corrected chi connectivity index (χ0v) is 10.1. The second-order valence-electron chi connectivity index (χ2n) is 3.60. The summed E-state index contributed by atoms with van der Waals surface area (Å²) < 4.78 is 27.2. The average Bonchev–Trinajstić information content (AvgIpc) is 2.15. The van der Waals surface area contributed by atoms with Crippen molar-refractivity contribution in [2.24, 2.45) is 5.14 Å². The lowest BCUT2D eigenvalue weighted by molar-refractivity contribution is 0.375. The van der Waals surface area contributed by atoms with Gasteiger partial charge in [0.2, 0.25) is 15.9 Å². The van der Waals surface area contributed by atoms with Crippen LogP contribution in [0.15, 0.2) is 11.0 Å². The normalized spacial score (nSPS) is 11.8. The predicted octanol–water partition coefficient (Wildman–Crippen LogP) is 0.567. The van der Waals surface area contributed by atoms with Gasteiger partial charge in [-0.25, -0.2) is 18.5 Å². The fraction of sp³-hybridized carbons (Fsp3) is 0.444. The standard InChI is InChI=1S/C9H14N2O4S/c1-5(2)8-6(12)4-7(16(10,13)14)9(11-8)15-3/h4-5,12H,1-3H3,(H2,10,13,14). The van der Waals surface area contributed by atoms with Crippen molar-refractivity contribution in [1.82, 2.24) is 4.98 Å². The molecule has 1 aromatic heterocycles. The maximum absolute atomic E-state index is 11.2. The molecule has 0 saturated carbocycles. The molecule has 90 valence electrons. The number of rotatable bonds is 3. The van der Waals surface area contributed by atoms with Crippen LogP contribution in [0, 0.1) is 0 Å². The highest BCUT2D eigenvalue weighted by Crippen LogP contribution is 2.31. The first-order valence-electron chi connectivity index (χ1n) is 4.58. The zero-order valence-electron chi connectivity index (χ0n) is 9.26. The van der Waals surface area contributed by atoms with Crippen LogP contribution in [0.4, 0.5) is 0 Å². The Morgan fingerprint density at radius 1 is 1.50 bits per heavy atom. The first kappa shape index (κ1) is 12.7. The van der Waals surface area contributed by atoms with Gasteiger partial charge in [-0.1, -0.05) is 13.8 Å². The third-order valence-electron chi connectivity index (χ3n) is 2.01. The van der Waals surface area contributed by atoms with Crippen molar-refractivity contribution in [3.63, 3.8) is 0 Å². The van der Waals surface area contributed by atoms with Gasteiger partial charge in [0.25, 0.3) is 0 Å². The van der Waals surface area contributed by atoms with E-state index in [1.807, 2.05) is 13.8 Å². The maximum Gasteiger partial charge on any atom is 0.243 e. The predicted molar refractivity (Wildman–Crippen MR) is 57.9 cm³/mol. The van der Waals surface area contributed by atoms with E-state index in [2.05, 4.69) is 4.98 Å². The van der Waals surface area contributed by atoms with Crippen molar-refractivity contribution in [3.8, 4) is 11.6 Å². The number of sulfonamides is 1. The molecule has 0 atom stereocenters. The van der Waals surface area contributed by atoms with E-state index in [4.69, 9.17) is 9.88 Å². The summed E-state index contributed by atoms with van der Waals surface area (Å²) in [5.41, 5.74) is 0.365. The summed E-state index contributed by atoms with van der Waals surface area (Å²) in [4.78, 5) is 3.60. The van der Waals surface area contributed by atoms with Crippen molar-refractivity contribution in [1.29, 1.82) is 0 Å². The van der Waals surface area contributed by atoms with E-state index >= 15 is 0 Å². The second kappa shape index (κ2) is 4.26. The first-order valence-corrected chi connectivity index (χ1v) is 6.12. The van der Waals surface area contributed by atoms with Gasteiger partial charge in [0.05, 0.1) is 12.8 Å². The minimum Gasteiger partial charge on any atom is -0.506 e. The summed E-state index contributed by atoms with van der Waals surface area (Å²) in [6.45, 7) is 3.64. The maximum atomic E-state index is 11.2. The smallest absolute Gasteiger partial charge is 0.243 e. The lowest BCUT2D eigenvalue weighted by atomic mass is 10.1. The van der Waals surface area contributed by atoms with Crippen molar-refractivity contribution >= 4 is 10.0 Å². The Kier molecular flexibility index (Phi) is 3.39. The number of hydrogen-bond acceptors (Lipinski definition) is 5. The van der Waals surface area contributed by atoms with Gasteiger partial charge in [0.15, 0.2) is 0 Å². The topological polar surface area (TPSA) is 103 Å². The van der Waals surface area contributed by atoms with E-state index < -0.39 is 10.0 Å². The van der Waals surface area contributed by atoms with Gasteiger partial charge in [-0.2, -0.15) is 0 Å². The Morgan fingerprint density at radius 2 is 2.06 bits per heavy atom. The number of aromatic hydroxyl groups is 1. The molecular formula is C9H14N2O4S. The van der Waals surface area contributed by atoms with E-state index in [1.165, 1.54) is 7.11 Å². The fourth-order valence-corrected chi connectivity index (χ4v) is 1.90. The summed E-state index contributed by atoms with van der Waals surface area (Å²) in [6, 6.07) is 1.05. The van der Waals surface area contributed by atoms with Crippen LogP contribution < -0.4 is 9.88 Å². The highest BCUT2D eigenvalue weighted by Gasteiger charge is 2.21. The third-order valence-corrected chi connectivity index (χ3v) is 2.92. The number of nitrogens with zero attached hydrogens (tertiary/aromatic N) is 1.